The van der Waals surface area contributed by atoms with Crippen LogP contribution in [0.2, 0.25) is 0 Å². The molecule has 1 fully saturated rings. The largest absolute Gasteiger partial charge is 0.444 e. The van der Waals surface area contributed by atoms with Crippen LogP contribution in [0.4, 0.5) is 19.3 Å². The molecule has 0 unspecified atom stereocenters. The van der Waals surface area contributed by atoms with Gasteiger partial charge in [0, 0.05) is 36.4 Å². The summed E-state index contributed by atoms with van der Waals surface area (Å²) in [6.07, 6.45) is -0.579. The van der Waals surface area contributed by atoms with Crippen molar-refractivity contribution >= 4 is 11.8 Å². The van der Waals surface area contributed by atoms with Crippen molar-refractivity contribution < 1.29 is 18.3 Å². The van der Waals surface area contributed by atoms with Crippen molar-refractivity contribution in [2.24, 2.45) is 0 Å². The number of ether oxygens (including phenoxy) is 1. The van der Waals surface area contributed by atoms with Gasteiger partial charge in [-0.25, -0.2) is 13.6 Å². The number of carbonyl (C=O) groups excluding carboxylic acids is 1. The van der Waals surface area contributed by atoms with Crippen LogP contribution in [0.15, 0.2) is 36.4 Å². The highest BCUT2D eigenvalue weighted by atomic mass is 19.1. The van der Waals surface area contributed by atoms with Gasteiger partial charge in [0.2, 0.25) is 0 Å². The zero-order chi connectivity index (χ0) is 19.6. The number of piperazine rings is 1. The fraction of sp³-hybridized carbons (Fsp3) is 0.350. The summed E-state index contributed by atoms with van der Waals surface area (Å²) in [7, 11) is 0. The van der Waals surface area contributed by atoms with Gasteiger partial charge < -0.3 is 20.7 Å². The van der Waals surface area contributed by atoms with E-state index in [2.05, 4.69) is 5.32 Å². The smallest absolute Gasteiger partial charge is 0.410 e. The molecule has 0 aromatic heterocycles. The summed E-state index contributed by atoms with van der Waals surface area (Å²) < 4.78 is 34.3. The third kappa shape index (κ3) is 4.03. The number of carbonyl (C=O) groups is 1. The van der Waals surface area contributed by atoms with Gasteiger partial charge >= 0.3 is 6.09 Å². The van der Waals surface area contributed by atoms with Crippen molar-refractivity contribution in [1.29, 1.82) is 0 Å². The Balaban J connectivity index is 1.81. The minimum absolute atomic E-state index is 0.0606. The first-order chi connectivity index (χ1) is 12.9. The summed E-state index contributed by atoms with van der Waals surface area (Å²) in [6, 6.07) is 9.07. The number of halogens is 2. The zero-order valence-electron chi connectivity index (χ0n) is 15.3. The van der Waals surface area contributed by atoms with Crippen LogP contribution < -0.4 is 11.1 Å². The van der Waals surface area contributed by atoms with Crippen molar-refractivity contribution in [2.75, 3.05) is 18.8 Å². The van der Waals surface area contributed by atoms with E-state index in [9.17, 15) is 13.6 Å². The highest BCUT2D eigenvalue weighted by Gasteiger charge is 2.30. The second-order valence-electron chi connectivity index (χ2n) is 6.83. The average Bonchev–Trinajstić information content (AvgIpc) is 2.61. The fourth-order valence-corrected chi connectivity index (χ4v) is 3.36. The van der Waals surface area contributed by atoms with Crippen molar-refractivity contribution in [3.05, 3.63) is 53.6 Å². The third-order valence-corrected chi connectivity index (χ3v) is 4.76. The maximum atomic E-state index is 14.9. The summed E-state index contributed by atoms with van der Waals surface area (Å²) >= 11 is 0. The van der Waals surface area contributed by atoms with E-state index in [0.717, 1.165) is 0 Å². The topological polar surface area (TPSA) is 67.6 Å². The van der Waals surface area contributed by atoms with Crippen LogP contribution in [-0.2, 0) is 11.3 Å². The van der Waals surface area contributed by atoms with Crippen LogP contribution in [0.3, 0.4) is 0 Å². The molecule has 27 heavy (non-hydrogen) atoms. The molecule has 2 aromatic carbocycles. The van der Waals surface area contributed by atoms with E-state index in [1.807, 2.05) is 13.8 Å². The number of amides is 1. The molecule has 1 aliphatic rings. The van der Waals surface area contributed by atoms with E-state index < -0.39 is 24.3 Å². The number of nitrogens with one attached hydrogen (secondary N) is 1. The van der Waals surface area contributed by atoms with Crippen LogP contribution >= 0.6 is 0 Å². The van der Waals surface area contributed by atoms with Crippen LogP contribution in [0.25, 0.3) is 11.1 Å². The minimum Gasteiger partial charge on any atom is -0.444 e. The van der Waals surface area contributed by atoms with Gasteiger partial charge in [0.1, 0.15) is 18.2 Å². The maximum absolute atomic E-state index is 14.9. The molecular weight excluding hydrogens is 352 g/mol. The molecule has 1 aliphatic heterocycles. The second-order valence-corrected chi connectivity index (χ2v) is 6.83. The van der Waals surface area contributed by atoms with E-state index in [1.165, 1.54) is 12.1 Å². The normalized spacial score (nSPS) is 19.8. The summed E-state index contributed by atoms with van der Waals surface area (Å²) in [4.78, 5) is 14.0. The lowest BCUT2D eigenvalue weighted by Gasteiger charge is -2.38. The second kappa shape index (κ2) is 7.92. The molecule has 0 radical (unpaired) electrons. The molecule has 0 saturated carbocycles. The summed E-state index contributed by atoms with van der Waals surface area (Å²) in [5.74, 6) is -1.51. The van der Waals surface area contributed by atoms with Gasteiger partial charge in [0.25, 0.3) is 0 Å². The molecule has 3 rings (SSSR count). The Labute approximate surface area is 157 Å². The molecule has 3 N–H and O–H groups in total. The number of nitrogen functional groups attached to an aromatic ring is 1. The number of nitrogens with two attached hydrogens (primary N) is 1. The number of rotatable bonds is 3. The first-order valence-electron chi connectivity index (χ1n) is 8.87. The van der Waals surface area contributed by atoms with Crippen molar-refractivity contribution in [1.82, 2.24) is 10.2 Å². The van der Waals surface area contributed by atoms with Crippen molar-refractivity contribution in [3.8, 4) is 11.1 Å². The van der Waals surface area contributed by atoms with E-state index in [4.69, 9.17) is 10.5 Å². The molecule has 1 heterocycles. The van der Waals surface area contributed by atoms with E-state index in [1.54, 1.807) is 29.2 Å². The Hall–Kier alpha value is -2.67. The zero-order valence-corrected chi connectivity index (χ0v) is 15.3. The molecule has 144 valence electrons. The first kappa shape index (κ1) is 19.1. The van der Waals surface area contributed by atoms with E-state index in [0.29, 0.717) is 24.3 Å². The van der Waals surface area contributed by atoms with Gasteiger partial charge in [-0.2, -0.15) is 0 Å². The highest BCUT2D eigenvalue weighted by Crippen LogP contribution is 2.28. The van der Waals surface area contributed by atoms with Gasteiger partial charge in [-0.05, 0) is 43.7 Å². The molecule has 2 atom stereocenters. The molecule has 5 nitrogen and oxygen atoms in total. The molecule has 7 heteroatoms. The molecule has 1 saturated heterocycles. The van der Waals surface area contributed by atoms with Gasteiger partial charge in [0.05, 0.1) is 5.56 Å². The molecule has 0 aliphatic carbocycles. The predicted octanol–water partition coefficient (Wildman–Crippen LogP) is 3.53. The average molecular weight is 375 g/mol. The highest BCUT2D eigenvalue weighted by molar-refractivity contribution is 5.70. The fourth-order valence-electron chi connectivity index (χ4n) is 3.36. The summed E-state index contributed by atoms with van der Waals surface area (Å²) in [5, 5.41) is 3.21. The summed E-state index contributed by atoms with van der Waals surface area (Å²) in [5.41, 5.74) is 6.68. The lowest BCUT2D eigenvalue weighted by Crippen LogP contribution is -2.57. The number of benzene rings is 2. The maximum Gasteiger partial charge on any atom is 0.410 e. The van der Waals surface area contributed by atoms with Gasteiger partial charge in [0.15, 0.2) is 0 Å². The van der Waals surface area contributed by atoms with Crippen molar-refractivity contribution in [3.63, 3.8) is 0 Å². The van der Waals surface area contributed by atoms with Crippen LogP contribution in [-0.4, -0.2) is 36.2 Å². The standard InChI is InChI=1S/C20H23F2N3O2/c1-12-9-24-10-13(2)25(12)20(26)27-11-17-18(21)7-6-16(19(17)22)14-4-3-5-15(23)8-14/h3-8,12-13,24H,9-11,23H2,1-2H3/t12-,13+. The lowest BCUT2D eigenvalue weighted by atomic mass is 10.0. The molecule has 1 amide bonds. The minimum atomic E-state index is -0.755. The van der Waals surface area contributed by atoms with Crippen LogP contribution in [0, 0.1) is 11.6 Å². The Morgan fingerprint density at radius 3 is 2.59 bits per heavy atom. The van der Waals surface area contributed by atoms with E-state index >= 15 is 0 Å². The van der Waals surface area contributed by atoms with Gasteiger partial charge in [-0.1, -0.05) is 12.1 Å². The number of hydrogen-bond acceptors (Lipinski definition) is 4. The Bertz CT molecular complexity index is 834. The molecule has 2 aromatic rings. The molecule has 0 bridgehead atoms. The summed E-state index contributed by atoms with van der Waals surface area (Å²) in [6.45, 7) is 4.60. The van der Waals surface area contributed by atoms with Gasteiger partial charge in [-0.3, -0.25) is 0 Å². The molecular formula is C20H23F2N3O2. The Morgan fingerprint density at radius 1 is 1.22 bits per heavy atom. The Morgan fingerprint density at radius 2 is 1.93 bits per heavy atom. The van der Waals surface area contributed by atoms with Crippen LogP contribution in [0.5, 0.6) is 0 Å². The predicted molar refractivity (Wildman–Crippen MR) is 100 cm³/mol. The number of nitrogens with zero attached hydrogens (tertiary/aromatic N) is 1. The Kier molecular flexibility index (Phi) is 5.60. The monoisotopic (exact) mass is 375 g/mol. The number of hydrogen-bond donors (Lipinski definition) is 2. The number of anilines is 1. The SMILES string of the molecule is C[C@@H]1CNC[C@H](C)N1C(=O)OCc1c(F)ccc(-c2cccc(N)c2)c1F. The van der Waals surface area contributed by atoms with Crippen molar-refractivity contribution in [2.45, 2.75) is 32.5 Å². The first-order valence-corrected chi connectivity index (χ1v) is 8.87. The van der Waals surface area contributed by atoms with Gasteiger partial charge in [-0.15, -0.1) is 0 Å². The molecule has 0 spiro atoms. The lowest BCUT2D eigenvalue weighted by molar-refractivity contribution is 0.0552. The quantitative estimate of drug-likeness (QED) is 0.806. The van der Waals surface area contributed by atoms with Crippen LogP contribution in [0.1, 0.15) is 19.4 Å². The third-order valence-electron chi connectivity index (χ3n) is 4.76. The van der Waals surface area contributed by atoms with E-state index in [-0.39, 0.29) is 23.2 Å².